The highest BCUT2D eigenvalue weighted by Gasteiger charge is 2.45. The number of ether oxygens (including phenoxy) is 1. The summed E-state index contributed by atoms with van der Waals surface area (Å²) >= 11 is 0. The minimum atomic E-state index is -0.669. The number of likely N-dealkylation sites (tertiary alicyclic amines) is 1. The first-order chi connectivity index (χ1) is 13.9. The highest BCUT2D eigenvalue weighted by molar-refractivity contribution is 6.46. The molecule has 0 radical (unpaired) electrons. The van der Waals surface area contributed by atoms with Gasteiger partial charge < -0.3 is 19.6 Å². The second kappa shape index (κ2) is 8.87. The van der Waals surface area contributed by atoms with E-state index in [1.165, 1.54) is 17.3 Å². The molecule has 1 amide bonds. The highest BCUT2D eigenvalue weighted by atomic mass is 16.5. The quantitative estimate of drug-likeness (QED) is 0.415. The lowest BCUT2D eigenvalue weighted by Crippen LogP contribution is -3.05. The number of aliphatic hydroxyl groups excluding tert-OH is 1. The zero-order chi connectivity index (χ0) is 21.0. The van der Waals surface area contributed by atoms with Crippen LogP contribution in [0.25, 0.3) is 5.76 Å². The highest BCUT2D eigenvalue weighted by Crippen LogP contribution is 2.39. The van der Waals surface area contributed by atoms with Gasteiger partial charge in [-0.1, -0.05) is 12.1 Å². The van der Waals surface area contributed by atoms with E-state index in [0.29, 0.717) is 17.9 Å². The Kier molecular flexibility index (Phi) is 6.29. The number of nitrogens with zero attached hydrogens (tertiary/aromatic N) is 2. The fourth-order valence-corrected chi connectivity index (χ4v) is 3.51. The van der Waals surface area contributed by atoms with E-state index in [1.807, 2.05) is 26.2 Å². The van der Waals surface area contributed by atoms with Gasteiger partial charge in [0, 0.05) is 30.9 Å². The molecule has 2 heterocycles. The summed E-state index contributed by atoms with van der Waals surface area (Å²) in [6.07, 6.45) is 3.82. The minimum Gasteiger partial charge on any atom is -0.507 e. The first-order valence-electron chi connectivity index (χ1n) is 9.55. The molecule has 2 aromatic rings. The number of benzene rings is 1. The minimum absolute atomic E-state index is 0.101. The number of aromatic nitrogens is 1. The van der Waals surface area contributed by atoms with Gasteiger partial charge in [0.1, 0.15) is 11.5 Å². The number of aliphatic hydroxyl groups is 1. The van der Waals surface area contributed by atoms with Crippen LogP contribution in [0.1, 0.15) is 23.6 Å². The third kappa shape index (κ3) is 4.30. The van der Waals surface area contributed by atoms with Gasteiger partial charge in [0.15, 0.2) is 0 Å². The second-order valence-electron chi connectivity index (χ2n) is 7.31. The van der Waals surface area contributed by atoms with Crippen LogP contribution in [0.2, 0.25) is 0 Å². The van der Waals surface area contributed by atoms with E-state index in [2.05, 4.69) is 4.98 Å². The smallest absolute Gasteiger partial charge is 0.295 e. The van der Waals surface area contributed by atoms with Crippen LogP contribution in [0.3, 0.4) is 0 Å². The molecule has 0 spiro atoms. The number of carbonyl (C=O) groups excluding carboxylic acids is 2. The third-order valence-electron chi connectivity index (χ3n) is 5.00. The van der Waals surface area contributed by atoms with Gasteiger partial charge in [0.25, 0.3) is 11.7 Å². The van der Waals surface area contributed by atoms with Crippen molar-refractivity contribution in [1.82, 2.24) is 9.88 Å². The summed E-state index contributed by atoms with van der Waals surface area (Å²) in [5.74, 6) is -0.768. The summed E-state index contributed by atoms with van der Waals surface area (Å²) in [5, 5.41) is 10.9. The molecule has 1 saturated heterocycles. The van der Waals surface area contributed by atoms with Gasteiger partial charge in [0.05, 0.1) is 39.4 Å². The van der Waals surface area contributed by atoms with Crippen molar-refractivity contribution >= 4 is 17.4 Å². The monoisotopic (exact) mass is 396 g/mol. The molecule has 0 saturated carbocycles. The Morgan fingerprint density at radius 1 is 1.14 bits per heavy atom. The van der Waals surface area contributed by atoms with Gasteiger partial charge in [0.2, 0.25) is 0 Å². The summed E-state index contributed by atoms with van der Waals surface area (Å²) < 4.78 is 5.22. The Labute approximate surface area is 170 Å². The number of pyridine rings is 1. The number of amides is 1. The Balaban J connectivity index is 2.06. The van der Waals surface area contributed by atoms with E-state index in [-0.39, 0.29) is 11.3 Å². The van der Waals surface area contributed by atoms with E-state index in [1.54, 1.807) is 36.3 Å². The standard InChI is InChI=1S/C22H25N3O4/c1-24(2)13-4-14-25-19(15-5-7-17(29-3)8-6-15)18(21(27)22(25)28)20(26)16-9-11-23-12-10-16/h5-12,19,26H,4,13-14H2,1-3H3/p+1/b20-18+/t19-/m1/s1. The summed E-state index contributed by atoms with van der Waals surface area (Å²) in [6.45, 7) is 1.29. The average molecular weight is 396 g/mol. The Bertz CT molecular complexity index is 907. The van der Waals surface area contributed by atoms with Gasteiger partial charge in [-0.3, -0.25) is 14.6 Å². The maximum absolute atomic E-state index is 12.9. The maximum atomic E-state index is 12.9. The van der Waals surface area contributed by atoms with Gasteiger partial charge >= 0.3 is 0 Å². The molecular weight excluding hydrogens is 370 g/mol. The van der Waals surface area contributed by atoms with Crippen molar-refractivity contribution in [3.8, 4) is 5.75 Å². The molecule has 1 aliphatic heterocycles. The number of hydrogen-bond acceptors (Lipinski definition) is 5. The van der Waals surface area contributed by atoms with Crippen LogP contribution in [-0.4, -0.2) is 61.0 Å². The number of quaternary nitrogens is 1. The zero-order valence-electron chi connectivity index (χ0n) is 16.9. The largest absolute Gasteiger partial charge is 0.507 e. The van der Waals surface area contributed by atoms with Crippen LogP contribution < -0.4 is 9.64 Å². The van der Waals surface area contributed by atoms with Crippen LogP contribution in [-0.2, 0) is 9.59 Å². The molecule has 0 bridgehead atoms. The number of hydrogen-bond donors (Lipinski definition) is 2. The molecule has 1 atom stereocenters. The molecule has 1 aromatic heterocycles. The van der Waals surface area contributed by atoms with Gasteiger partial charge in [-0.2, -0.15) is 0 Å². The molecule has 3 rings (SSSR count). The second-order valence-corrected chi connectivity index (χ2v) is 7.31. The Morgan fingerprint density at radius 2 is 1.79 bits per heavy atom. The van der Waals surface area contributed by atoms with E-state index >= 15 is 0 Å². The van der Waals surface area contributed by atoms with Crippen molar-refractivity contribution < 1.29 is 24.3 Å². The molecular formula is C22H26N3O4+. The first-order valence-corrected chi connectivity index (χ1v) is 9.55. The van der Waals surface area contributed by atoms with E-state index in [9.17, 15) is 14.7 Å². The van der Waals surface area contributed by atoms with Crippen molar-refractivity contribution in [2.75, 3.05) is 34.3 Å². The molecule has 2 N–H and O–H groups in total. The van der Waals surface area contributed by atoms with Crippen LogP contribution in [0, 0.1) is 0 Å². The third-order valence-corrected chi connectivity index (χ3v) is 5.00. The van der Waals surface area contributed by atoms with Crippen molar-refractivity contribution in [3.63, 3.8) is 0 Å². The SMILES string of the molecule is COc1ccc([C@@H]2/C(=C(\O)c3ccncc3)C(=O)C(=O)N2CCC[NH+](C)C)cc1. The fourth-order valence-electron chi connectivity index (χ4n) is 3.51. The first kappa shape index (κ1) is 20.5. The fraction of sp³-hybridized carbons (Fsp3) is 0.318. The number of Topliss-reactive ketones (excluding diaryl/α,β-unsaturated/α-hetero) is 1. The number of carbonyl (C=O) groups is 2. The summed E-state index contributed by atoms with van der Waals surface area (Å²) in [7, 11) is 5.66. The summed E-state index contributed by atoms with van der Waals surface area (Å²) in [4.78, 5) is 32.5. The van der Waals surface area contributed by atoms with E-state index in [0.717, 1.165) is 18.5 Å². The van der Waals surface area contributed by atoms with Crippen molar-refractivity contribution in [2.45, 2.75) is 12.5 Å². The van der Waals surface area contributed by atoms with Crippen molar-refractivity contribution in [1.29, 1.82) is 0 Å². The van der Waals surface area contributed by atoms with Crippen LogP contribution in [0.15, 0.2) is 54.4 Å². The van der Waals surface area contributed by atoms with Gasteiger partial charge in [-0.05, 0) is 29.8 Å². The molecule has 1 aromatic carbocycles. The average Bonchev–Trinajstić information content (AvgIpc) is 2.98. The lowest BCUT2D eigenvalue weighted by atomic mass is 9.95. The molecule has 1 aliphatic rings. The maximum Gasteiger partial charge on any atom is 0.295 e. The molecule has 29 heavy (non-hydrogen) atoms. The molecule has 152 valence electrons. The lowest BCUT2D eigenvalue weighted by molar-refractivity contribution is -0.858. The summed E-state index contributed by atoms with van der Waals surface area (Å²) in [5.41, 5.74) is 1.30. The molecule has 1 fully saturated rings. The number of ketones is 1. The zero-order valence-corrected chi connectivity index (χ0v) is 16.9. The predicted octanol–water partition coefficient (Wildman–Crippen LogP) is 1.05. The Morgan fingerprint density at radius 3 is 2.38 bits per heavy atom. The normalized spacial score (nSPS) is 18.5. The number of rotatable bonds is 7. The summed E-state index contributed by atoms with van der Waals surface area (Å²) in [6, 6.07) is 9.79. The van der Waals surface area contributed by atoms with E-state index < -0.39 is 17.7 Å². The Hall–Kier alpha value is -3.19. The number of nitrogens with one attached hydrogen (secondary N) is 1. The van der Waals surface area contributed by atoms with Crippen LogP contribution in [0.4, 0.5) is 0 Å². The van der Waals surface area contributed by atoms with Gasteiger partial charge in [-0.25, -0.2) is 0 Å². The van der Waals surface area contributed by atoms with Crippen molar-refractivity contribution in [2.24, 2.45) is 0 Å². The van der Waals surface area contributed by atoms with Crippen LogP contribution >= 0.6 is 0 Å². The molecule has 0 aliphatic carbocycles. The van der Waals surface area contributed by atoms with Gasteiger partial charge in [-0.15, -0.1) is 0 Å². The number of methoxy groups -OCH3 is 1. The lowest BCUT2D eigenvalue weighted by Gasteiger charge is -2.25. The predicted molar refractivity (Wildman–Crippen MR) is 109 cm³/mol. The topological polar surface area (TPSA) is 84.2 Å². The van der Waals surface area contributed by atoms with Crippen molar-refractivity contribution in [3.05, 3.63) is 65.5 Å². The molecule has 7 nitrogen and oxygen atoms in total. The molecule has 0 unspecified atom stereocenters. The van der Waals surface area contributed by atoms with Crippen LogP contribution in [0.5, 0.6) is 5.75 Å². The van der Waals surface area contributed by atoms with E-state index in [4.69, 9.17) is 4.74 Å². The molecule has 7 heteroatoms.